The van der Waals surface area contributed by atoms with Crippen molar-refractivity contribution >= 4 is 43.0 Å². The molecule has 0 aliphatic carbocycles. The van der Waals surface area contributed by atoms with Gasteiger partial charge in [0.15, 0.2) is 4.21 Å². The van der Waals surface area contributed by atoms with E-state index in [1.54, 1.807) is 35.7 Å². The summed E-state index contributed by atoms with van der Waals surface area (Å²) >= 11 is 4.37. The zero-order valence-corrected chi connectivity index (χ0v) is 13.1. The van der Waals surface area contributed by atoms with Crippen molar-refractivity contribution < 1.29 is 8.42 Å². The summed E-state index contributed by atoms with van der Waals surface area (Å²) in [6, 6.07) is 10.2. The van der Waals surface area contributed by atoms with Crippen LogP contribution in [0.4, 0.5) is 5.69 Å². The maximum absolute atomic E-state index is 12.4. The topological polar surface area (TPSA) is 61.2 Å². The molecule has 0 atom stereocenters. The number of sulfonamides is 1. The Hall–Kier alpha value is -1.36. The predicted octanol–water partition coefficient (Wildman–Crippen LogP) is 3.21. The largest absolute Gasteiger partial charge is 0.274 e. The van der Waals surface area contributed by atoms with E-state index in [0.29, 0.717) is 15.7 Å². The molecule has 0 spiro atoms. The van der Waals surface area contributed by atoms with E-state index in [-0.39, 0.29) is 4.21 Å². The smallest absolute Gasteiger partial charge is 0.269 e. The third-order valence-corrected chi connectivity index (χ3v) is 6.95. The number of nitrogens with zero attached hydrogens (tertiary/aromatic N) is 2. The molecular formula is C12H9BrN2O2S2. The van der Waals surface area contributed by atoms with Crippen molar-refractivity contribution in [3.8, 4) is 6.07 Å². The lowest BCUT2D eigenvalue weighted by atomic mass is 10.2. The van der Waals surface area contributed by atoms with Crippen molar-refractivity contribution in [1.29, 1.82) is 5.26 Å². The molecule has 0 aliphatic heterocycles. The van der Waals surface area contributed by atoms with E-state index in [4.69, 9.17) is 5.26 Å². The third-order valence-electron chi connectivity index (χ3n) is 2.52. The molecule has 0 unspecified atom stereocenters. The van der Waals surface area contributed by atoms with Crippen LogP contribution in [0, 0.1) is 11.3 Å². The van der Waals surface area contributed by atoms with E-state index in [2.05, 4.69) is 15.9 Å². The van der Waals surface area contributed by atoms with Crippen molar-refractivity contribution in [2.45, 2.75) is 4.21 Å². The lowest BCUT2D eigenvalue weighted by Gasteiger charge is -2.18. The van der Waals surface area contributed by atoms with Crippen molar-refractivity contribution in [3.63, 3.8) is 0 Å². The summed E-state index contributed by atoms with van der Waals surface area (Å²) in [5.74, 6) is 0. The monoisotopic (exact) mass is 356 g/mol. The van der Waals surface area contributed by atoms with Crippen molar-refractivity contribution in [2.75, 3.05) is 11.4 Å². The second kappa shape index (κ2) is 5.33. The molecule has 98 valence electrons. The fraction of sp³-hybridized carbons (Fsp3) is 0.0833. The summed E-state index contributed by atoms with van der Waals surface area (Å²) in [4.78, 5) is 0. The second-order valence-electron chi connectivity index (χ2n) is 3.69. The third kappa shape index (κ3) is 2.66. The minimum absolute atomic E-state index is 0.248. The first-order valence-corrected chi connectivity index (χ1v) is 8.30. The van der Waals surface area contributed by atoms with Crippen molar-refractivity contribution in [2.24, 2.45) is 0 Å². The molecule has 0 bridgehead atoms. The molecule has 1 aromatic heterocycles. The van der Waals surface area contributed by atoms with Gasteiger partial charge < -0.3 is 0 Å². The number of anilines is 1. The van der Waals surface area contributed by atoms with Crippen LogP contribution in [-0.4, -0.2) is 15.5 Å². The van der Waals surface area contributed by atoms with Crippen LogP contribution in [0.1, 0.15) is 5.56 Å². The van der Waals surface area contributed by atoms with Gasteiger partial charge in [-0.3, -0.25) is 4.31 Å². The molecule has 1 heterocycles. The highest BCUT2D eigenvalue weighted by atomic mass is 79.9. The number of hydrogen-bond acceptors (Lipinski definition) is 4. The summed E-state index contributed by atoms with van der Waals surface area (Å²) in [7, 11) is -2.14. The SMILES string of the molecule is CN(c1cccc(C#N)c1)S(=O)(=O)c1sccc1Br. The normalized spacial score (nSPS) is 11.0. The lowest BCUT2D eigenvalue weighted by molar-refractivity contribution is 0.596. The highest BCUT2D eigenvalue weighted by Gasteiger charge is 2.25. The zero-order valence-electron chi connectivity index (χ0n) is 9.87. The first-order valence-electron chi connectivity index (χ1n) is 5.19. The molecule has 7 heteroatoms. The molecule has 1 aromatic carbocycles. The zero-order chi connectivity index (χ0) is 14.0. The van der Waals surface area contributed by atoms with Gasteiger partial charge in [-0.2, -0.15) is 5.26 Å². The van der Waals surface area contributed by atoms with E-state index in [9.17, 15) is 8.42 Å². The van der Waals surface area contributed by atoms with Crippen LogP contribution in [-0.2, 0) is 10.0 Å². The maximum Gasteiger partial charge on any atom is 0.274 e. The predicted molar refractivity (Wildman–Crippen MR) is 78.8 cm³/mol. The molecule has 0 radical (unpaired) electrons. The van der Waals surface area contributed by atoms with Gasteiger partial charge >= 0.3 is 0 Å². The van der Waals surface area contributed by atoms with Gasteiger partial charge in [-0.15, -0.1) is 11.3 Å². The van der Waals surface area contributed by atoms with E-state index in [1.165, 1.54) is 11.4 Å². The van der Waals surface area contributed by atoms with Crippen LogP contribution in [0.25, 0.3) is 0 Å². The number of halogens is 1. The summed E-state index contributed by atoms with van der Waals surface area (Å²) in [5, 5.41) is 10.6. The Labute approximate surface area is 124 Å². The molecule has 4 nitrogen and oxygen atoms in total. The number of rotatable bonds is 3. The van der Waals surface area contributed by atoms with E-state index in [0.717, 1.165) is 11.3 Å². The fourth-order valence-corrected chi connectivity index (χ4v) is 5.15. The van der Waals surface area contributed by atoms with Crippen molar-refractivity contribution in [3.05, 3.63) is 45.7 Å². The summed E-state index contributed by atoms with van der Waals surface area (Å²) < 4.78 is 26.8. The minimum atomic E-state index is -3.61. The highest BCUT2D eigenvalue weighted by molar-refractivity contribution is 9.10. The number of thiophene rings is 1. The molecule has 0 fully saturated rings. The van der Waals surface area contributed by atoms with Crippen LogP contribution in [0.2, 0.25) is 0 Å². The summed E-state index contributed by atoms with van der Waals surface area (Å²) in [6.45, 7) is 0. The van der Waals surface area contributed by atoms with Gasteiger partial charge in [0.2, 0.25) is 0 Å². The Morgan fingerprint density at radius 2 is 2.11 bits per heavy atom. The summed E-state index contributed by atoms with van der Waals surface area (Å²) in [5.41, 5.74) is 0.879. The molecule has 0 saturated heterocycles. The molecule has 19 heavy (non-hydrogen) atoms. The van der Waals surface area contributed by atoms with Crippen molar-refractivity contribution in [1.82, 2.24) is 0 Å². The summed E-state index contributed by atoms with van der Waals surface area (Å²) in [6.07, 6.45) is 0. The van der Waals surface area contributed by atoms with Gasteiger partial charge in [-0.25, -0.2) is 8.42 Å². The lowest BCUT2D eigenvalue weighted by Crippen LogP contribution is -2.26. The Balaban J connectivity index is 2.47. The van der Waals surface area contributed by atoms with E-state index < -0.39 is 10.0 Å². The molecular weight excluding hydrogens is 348 g/mol. The van der Waals surface area contributed by atoms with Crippen LogP contribution in [0.5, 0.6) is 0 Å². The van der Waals surface area contributed by atoms with Gasteiger partial charge in [-0.1, -0.05) is 6.07 Å². The fourth-order valence-electron chi connectivity index (χ4n) is 1.50. The average molecular weight is 357 g/mol. The Morgan fingerprint density at radius 3 is 2.68 bits per heavy atom. The Bertz CT molecular complexity index is 747. The van der Waals surface area contributed by atoms with E-state index >= 15 is 0 Å². The molecule has 0 saturated carbocycles. The van der Waals surface area contributed by atoms with Crippen LogP contribution in [0.15, 0.2) is 44.4 Å². The van der Waals surface area contributed by atoms with Gasteiger partial charge in [0.25, 0.3) is 10.0 Å². The highest BCUT2D eigenvalue weighted by Crippen LogP contribution is 2.32. The van der Waals surface area contributed by atoms with Crippen LogP contribution in [0.3, 0.4) is 0 Å². The Morgan fingerprint density at radius 1 is 1.37 bits per heavy atom. The van der Waals surface area contributed by atoms with Crippen LogP contribution < -0.4 is 4.31 Å². The first-order chi connectivity index (χ1) is 8.96. The minimum Gasteiger partial charge on any atom is -0.269 e. The molecule has 0 amide bonds. The molecule has 2 aromatic rings. The quantitative estimate of drug-likeness (QED) is 0.848. The molecule has 2 rings (SSSR count). The van der Waals surface area contributed by atoms with Gasteiger partial charge in [0, 0.05) is 11.5 Å². The van der Waals surface area contributed by atoms with Crippen LogP contribution >= 0.6 is 27.3 Å². The van der Waals surface area contributed by atoms with E-state index in [1.807, 2.05) is 6.07 Å². The number of nitriles is 1. The number of benzene rings is 1. The molecule has 0 N–H and O–H groups in total. The maximum atomic E-state index is 12.4. The first kappa shape index (κ1) is 14.1. The Kier molecular flexibility index (Phi) is 3.94. The molecule has 0 aliphatic rings. The second-order valence-corrected chi connectivity index (χ2v) is 7.63. The average Bonchev–Trinajstić information content (AvgIpc) is 2.85. The standard InChI is InChI=1S/C12H9BrN2O2S2/c1-15(10-4-2-3-9(7-10)8-14)19(16,17)12-11(13)5-6-18-12/h2-7H,1H3. The number of hydrogen-bond donors (Lipinski definition) is 0. The van der Waals surface area contributed by atoms with Gasteiger partial charge in [-0.05, 0) is 45.6 Å². The van der Waals surface area contributed by atoms with Gasteiger partial charge in [0.05, 0.1) is 17.3 Å². The van der Waals surface area contributed by atoms with Gasteiger partial charge in [0.1, 0.15) is 0 Å².